The summed E-state index contributed by atoms with van der Waals surface area (Å²) in [5.74, 6) is 0.428. The maximum Gasteiger partial charge on any atom is 0.333 e. The number of fused-ring (bicyclic) bond motifs is 3. The molecule has 0 bridgehead atoms. The first-order chi connectivity index (χ1) is 13.5. The van der Waals surface area contributed by atoms with Crippen molar-refractivity contribution in [1.29, 1.82) is 0 Å². The lowest BCUT2D eigenvalue weighted by Crippen LogP contribution is -2.35. The predicted octanol–water partition coefficient (Wildman–Crippen LogP) is 1.58. The maximum atomic E-state index is 12.8. The number of aryl methyl sites for hydroxylation is 3. The van der Waals surface area contributed by atoms with Gasteiger partial charge in [-0.05, 0) is 56.1 Å². The Morgan fingerprint density at radius 3 is 2.50 bits per heavy atom. The number of rotatable bonds is 3. The van der Waals surface area contributed by atoms with Gasteiger partial charge in [-0.3, -0.25) is 4.98 Å². The first-order valence-corrected chi connectivity index (χ1v) is 11.2. The fourth-order valence-electron chi connectivity index (χ4n) is 4.40. The lowest BCUT2D eigenvalue weighted by Gasteiger charge is -2.18. The minimum absolute atomic E-state index is 0.00691. The van der Waals surface area contributed by atoms with Gasteiger partial charge in [0.2, 0.25) is 0 Å². The van der Waals surface area contributed by atoms with E-state index in [0.29, 0.717) is 18.9 Å². The summed E-state index contributed by atoms with van der Waals surface area (Å²) < 4.78 is 29.3. The lowest BCUT2D eigenvalue weighted by atomic mass is 10.1. The van der Waals surface area contributed by atoms with E-state index in [2.05, 4.69) is 20.5 Å². The van der Waals surface area contributed by atoms with Crippen LogP contribution in [0.4, 0.5) is 16.3 Å². The largest absolute Gasteiger partial charge is 0.369 e. The summed E-state index contributed by atoms with van der Waals surface area (Å²) in [4.78, 5) is 17.4. The van der Waals surface area contributed by atoms with E-state index in [-0.39, 0.29) is 4.90 Å². The number of hydrogen-bond acceptors (Lipinski definition) is 6. The third-order valence-corrected chi connectivity index (χ3v) is 6.98. The molecule has 9 nitrogen and oxygen atoms in total. The van der Waals surface area contributed by atoms with Gasteiger partial charge in [0.1, 0.15) is 10.7 Å². The number of anilines is 2. The molecule has 2 amide bonds. The zero-order valence-electron chi connectivity index (χ0n) is 15.4. The standard InChI is InChI=1S/C18H22N6O3S/c25-18(23-28(26,27)15-10-20-24-9-3-8-19-17(15)24)22-16-11-4-1-6-13(11)21-14-7-2-5-12(14)16/h10,19H,1-9H2,(H2,21,22,23,25). The van der Waals surface area contributed by atoms with Crippen molar-refractivity contribution in [2.45, 2.75) is 56.4 Å². The number of nitrogens with one attached hydrogen (secondary N) is 3. The Kier molecular flexibility index (Phi) is 4.04. The van der Waals surface area contributed by atoms with Crippen LogP contribution >= 0.6 is 0 Å². The monoisotopic (exact) mass is 402 g/mol. The third kappa shape index (κ3) is 2.83. The van der Waals surface area contributed by atoms with Crippen LogP contribution < -0.4 is 15.4 Å². The molecule has 148 valence electrons. The van der Waals surface area contributed by atoms with Crippen molar-refractivity contribution in [2.24, 2.45) is 0 Å². The fourth-order valence-corrected chi connectivity index (χ4v) is 5.42. The Labute approximate surface area is 163 Å². The van der Waals surface area contributed by atoms with E-state index in [1.807, 2.05) is 0 Å². The molecule has 3 heterocycles. The number of sulfonamides is 1. The van der Waals surface area contributed by atoms with E-state index in [1.54, 1.807) is 4.68 Å². The summed E-state index contributed by atoms with van der Waals surface area (Å²) in [5, 5.41) is 9.98. The molecule has 0 saturated carbocycles. The van der Waals surface area contributed by atoms with Crippen molar-refractivity contribution in [1.82, 2.24) is 19.5 Å². The van der Waals surface area contributed by atoms with Crippen LogP contribution in [-0.2, 0) is 42.3 Å². The molecule has 0 radical (unpaired) electrons. The predicted molar refractivity (Wildman–Crippen MR) is 103 cm³/mol. The Bertz CT molecular complexity index is 1040. The molecule has 1 aliphatic heterocycles. The molecule has 3 aliphatic rings. The quantitative estimate of drug-likeness (QED) is 0.717. The van der Waals surface area contributed by atoms with Gasteiger partial charge in [-0.15, -0.1) is 0 Å². The van der Waals surface area contributed by atoms with Crippen LogP contribution in [-0.4, -0.2) is 35.8 Å². The molecule has 2 aromatic heterocycles. The van der Waals surface area contributed by atoms with E-state index in [0.717, 1.165) is 73.1 Å². The van der Waals surface area contributed by atoms with Crippen molar-refractivity contribution in [2.75, 3.05) is 17.2 Å². The van der Waals surface area contributed by atoms with Gasteiger partial charge in [0, 0.05) is 24.5 Å². The minimum atomic E-state index is -4.03. The van der Waals surface area contributed by atoms with E-state index in [9.17, 15) is 13.2 Å². The summed E-state index contributed by atoms with van der Waals surface area (Å²) in [6.07, 6.45) is 7.71. The lowest BCUT2D eigenvalue weighted by molar-refractivity contribution is 0.256. The Balaban J connectivity index is 1.41. The van der Waals surface area contributed by atoms with Crippen molar-refractivity contribution in [3.05, 3.63) is 28.7 Å². The van der Waals surface area contributed by atoms with Gasteiger partial charge < -0.3 is 10.6 Å². The Morgan fingerprint density at radius 1 is 1.07 bits per heavy atom. The molecule has 0 unspecified atom stereocenters. The highest BCUT2D eigenvalue weighted by Crippen LogP contribution is 2.36. The van der Waals surface area contributed by atoms with Crippen LogP contribution in [0.15, 0.2) is 11.1 Å². The van der Waals surface area contributed by atoms with Crippen LogP contribution in [0.2, 0.25) is 0 Å². The number of carbonyl (C=O) groups excluding carboxylic acids is 1. The summed E-state index contributed by atoms with van der Waals surface area (Å²) in [6.45, 7) is 1.33. The van der Waals surface area contributed by atoms with Gasteiger partial charge in [-0.25, -0.2) is 22.6 Å². The Hall–Kier alpha value is -2.62. The summed E-state index contributed by atoms with van der Waals surface area (Å²) in [6, 6.07) is -0.745. The van der Waals surface area contributed by atoms with Gasteiger partial charge in [-0.2, -0.15) is 5.10 Å². The van der Waals surface area contributed by atoms with Crippen LogP contribution in [0.25, 0.3) is 0 Å². The van der Waals surface area contributed by atoms with E-state index in [4.69, 9.17) is 4.98 Å². The van der Waals surface area contributed by atoms with E-state index in [1.165, 1.54) is 6.20 Å². The molecule has 0 atom stereocenters. The number of pyridine rings is 1. The number of urea groups is 1. The molecular weight excluding hydrogens is 380 g/mol. The first-order valence-electron chi connectivity index (χ1n) is 9.70. The van der Waals surface area contributed by atoms with Gasteiger partial charge in [0.15, 0.2) is 0 Å². The molecule has 0 fully saturated rings. The van der Waals surface area contributed by atoms with Gasteiger partial charge in [0.05, 0.1) is 11.9 Å². The summed E-state index contributed by atoms with van der Waals surface area (Å²) in [7, 11) is -4.03. The molecule has 0 aromatic carbocycles. The van der Waals surface area contributed by atoms with Gasteiger partial charge >= 0.3 is 6.03 Å². The highest BCUT2D eigenvalue weighted by atomic mass is 32.2. The molecule has 0 spiro atoms. The number of aromatic nitrogens is 3. The second-order valence-corrected chi connectivity index (χ2v) is 9.12. The van der Waals surface area contributed by atoms with Crippen LogP contribution in [0, 0.1) is 0 Å². The average molecular weight is 402 g/mol. The molecular formula is C18H22N6O3S. The number of amides is 2. The normalized spacial score (nSPS) is 17.4. The van der Waals surface area contributed by atoms with Crippen molar-refractivity contribution in [3.8, 4) is 0 Å². The Morgan fingerprint density at radius 2 is 1.79 bits per heavy atom. The van der Waals surface area contributed by atoms with Crippen LogP contribution in [0.1, 0.15) is 41.8 Å². The molecule has 10 heteroatoms. The van der Waals surface area contributed by atoms with Crippen LogP contribution in [0.3, 0.4) is 0 Å². The van der Waals surface area contributed by atoms with Gasteiger partial charge in [0.25, 0.3) is 10.0 Å². The highest BCUT2D eigenvalue weighted by molar-refractivity contribution is 7.90. The smallest absolute Gasteiger partial charge is 0.333 e. The number of nitrogens with zero attached hydrogens (tertiary/aromatic N) is 3. The van der Waals surface area contributed by atoms with Crippen molar-refractivity contribution >= 4 is 27.6 Å². The van der Waals surface area contributed by atoms with Crippen molar-refractivity contribution < 1.29 is 13.2 Å². The molecule has 2 aliphatic carbocycles. The van der Waals surface area contributed by atoms with Crippen molar-refractivity contribution in [3.63, 3.8) is 0 Å². The fraction of sp³-hybridized carbons (Fsp3) is 0.500. The van der Waals surface area contributed by atoms with Crippen LogP contribution in [0.5, 0.6) is 0 Å². The number of carbonyl (C=O) groups is 1. The first kappa shape index (κ1) is 17.5. The third-order valence-electron chi connectivity index (χ3n) is 5.65. The minimum Gasteiger partial charge on any atom is -0.369 e. The second kappa shape index (κ2) is 6.47. The van der Waals surface area contributed by atoms with E-state index < -0.39 is 16.1 Å². The highest BCUT2D eigenvalue weighted by Gasteiger charge is 2.29. The molecule has 3 N–H and O–H groups in total. The molecule has 2 aromatic rings. The second-order valence-electron chi connectivity index (χ2n) is 7.46. The molecule has 28 heavy (non-hydrogen) atoms. The van der Waals surface area contributed by atoms with E-state index >= 15 is 0 Å². The molecule has 5 rings (SSSR count). The zero-order valence-corrected chi connectivity index (χ0v) is 16.2. The SMILES string of the molecule is O=C(Nc1c2c(nc3c1CCC3)CCC2)NS(=O)(=O)c1cnn2c1NCCC2. The summed E-state index contributed by atoms with van der Waals surface area (Å²) >= 11 is 0. The maximum absolute atomic E-state index is 12.8. The van der Waals surface area contributed by atoms with Gasteiger partial charge in [-0.1, -0.05) is 0 Å². The topological polar surface area (TPSA) is 118 Å². The zero-order chi connectivity index (χ0) is 19.3. The molecule has 0 saturated heterocycles. The average Bonchev–Trinajstić information content (AvgIpc) is 3.39. The summed E-state index contributed by atoms with van der Waals surface area (Å²) in [5.41, 5.74) is 4.94. The number of hydrogen-bond donors (Lipinski definition) is 3.